The fraction of sp³-hybridized carbons (Fsp3) is 0. The van der Waals surface area contributed by atoms with Gasteiger partial charge in [0.25, 0.3) is 0 Å². The number of rotatable bonds is 3. The average Bonchev–Trinajstić information content (AvgIpc) is 2.69. The molecular formula is C24H18O2. The number of phenolic OH excluding ortho intramolecular Hbond substituents is 2. The van der Waals surface area contributed by atoms with Crippen molar-refractivity contribution in [2.75, 3.05) is 0 Å². The van der Waals surface area contributed by atoms with Gasteiger partial charge in [-0.3, -0.25) is 0 Å². The molecule has 0 atom stereocenters. The Morgan fingerprint density at radius 2 is 0.846 bits per heavy atom. The van der Waals surface area contributed by atoms with E-state index in [1.165, 1.54) is 0 Å². The predicted octanol–water partition coefficient (Wildman–Crippen LogP) is 6.10. The first-order chi connectivity index (χ1) is 12.7. The lowest BCUT2D eigenvalue weighted by molar-refractivity contribution is 0.475. The Kier molecular flexibility index (Phi) is 4.16. The van der Waals surface area contributed by atoms with Gasteiger partial charge in [-0.2, -0.15) is 0 Å². The molecule has 126 valence electrons. The van der Waals surface area contributed by atoms with Gasteiger partial charge in [-0.25, -0.2) is 0 Å². The van der Waals surface area contributed by atoms with Crippen molar-refractivity contribution in [1.82, 2.24) is 0 Å². The van der Waals surface area contributed by atoms with Crippen LogP contribution in [0.3, 0.4) is 0 Å². The third-order valence-corrected chi connectivity index (χ3v) is 4.48. The quantitative estimate of drug-likeness (QED) is 0.474. The van der Waals surface area contributed by atoms with E-state index in [9.17, 15) is 10.2 Å². The first-order valence-corrected chi connectivity index (χ1v) is 8.49. The number of hydrogen-bond donors (Lipinski definition) is 2. The van der Waals surface area contributed by atoms with Crippen molar-refractivity contribution < 1.29 is 10.2 Å². The first-order valence-electron chi connectivity index (χ1n) is 8.49. The molecule has 4 aromatic rings. The molecule has 0 aromatic heterocycles. The van der Waals surface area contributed by atoms with Crippen molar-refractivity contribution >= 4 is 0 Å². The summed E-state index contributed by atoms with van der Waals surface area (Å²) in [5.41, 5.74) is 6.54. The minimum Gasteiger partial charge on any atom is -0.508 e. The second-order valence-corrected chi connectivity index (χ2v) is 6.19. The minimum atomic E-state index is 0.254. The van der Waals surface area contributed by atoms with Crippen LogP contribution in [0, 0.1) is 0 Å². The molecule has 2 nitrogen and oxygen atoms in total. The molecule has 4 rings (SSSR count). The highest BCUT2D eigenvalue weighted by Crippen LogP contribution is 2.40. The van der Waals surface area contributed by atoms with Crippen molar-refractivity contribution in [2.45, 2.75) is 0 Å². The van der Waals surface area contributed by atoms with E-state index in [2.05, 4.69) is 24.3 Å². The number of aromatic hydroxyl groups is 2. The predicted molar refractivity (Wildman–Crippen MR) is 106 cm³/mol. The van der Waals surface area contributed by atoms with Gasteiger partial charge in [0.15, 0.2) is 0 Å². The molecule has 0 amide bonds. The third-order valence-electron chi connectivity index (χ3n) is 4.48. The Balaban J connectivity index is 1.99. The van der Waals surface area contributed by atoms with Gasteiger partial charge in [0.2, 0.25) is 0 Å². The van der Waals surface area contributed by atoms with Crippen molar-refractivity contribution in [2.24, 2.45) is 0 Å². The molecule has 0 aliphatic heterocycles. The number of phenols is 2. The van der Waals surface area contributed by atoms with Crippen molar-refractivity contribution in [1.29, 1.82) is 0 Å². The minimum absolute atomic E-state index is 0.254. The molecule has 0 aliphatic rings. The van der Waals surface area contributed by atoms with Crippen molar-refractivity contribution in [3.05, 3.63) is 97.1 Å². The number of hydrogen-bond acceptors (Lipinski definition) is 2. The Labute approximate surface area is 152 Å². The zero-order chi connectivity index (χ0) is 17.9. The normalized spacial score (nSPS) is 10.6. The molecule has 4 aromatic carbocycles. The van der Waals surface area contributed by atoms with Crippen LogP contribution in [0.2, 0.25) is 0 Å². The van der Waals surface area contributed by atoms with Crippen LogP contribution >= 0.6 is 0 Å². The molecule has 0 saturated heterocycles. The van der Waals surface area contributed by atoms with Crippen LogP contribution in [0.4, 0.5) is 0 Å². The monoisotopic (exact) mass is 338 g/mol. The van der Waals surface area contributed by atoms with E-state index in [4.69, 9.17) is 0 Å². The second-order valence-electron chi connectivity index (χ2n) is 6.19. The molecule has 2 heteroatoms. The fourth-order valence-corrected chi connectivity index (χ4v) is 3.23. The Bertz CT molecular complexity index is 954. The van der Waals surface area contributed by atoms with E-state index >= 15 is 0 Å². The van der Waals surface area contributed by atoms with Gasteiger partial charge < -0.3 is 10.2 Å². The lowest BCUT2D eigenvalue weighted by Crippen LogP contribution is -1.90. The Morgan fingerprint density at radius 3 is 1.31 bits per heavy atom. The summed E-state index contributed by atoms with van der Waals surface area (Å²) in [4.78, 5) is 0. The van der Waals surface area contributed by atoms with Gasteiger partial charge in [0.1, 0.15) is 11.5 Å². The largest absolute Gasteiger partial charge is 0.508 e. The van der Waals surface area contributed by atoms with Crippen LogP contribution in [0.1, 0.15) is 0 Å². The maximum Gasteiger partial charge on any atom is 0.115 e. The molecule has 0 spiro atoms. The van der Waals surface area contributed by atoms with Gasteiger partial charge in [-0.15, -0.1) is 0 Å². The van der Waals surface area contributed by atoms with Crippen LogP contribution in [0.15, 0.2) is 97.1 Å². The van der Waals surface area contributed by atoms with Crippen molar-refractivity contribution in [3.63, 3.8) is 0 Å². The van der Waals surface area contributed by atoms with Gasteiger partial charge >= 0.3 is 0 Å². The smallest absolute Gasteiger partial charge is 0.115 e. The highest BCUT2D eigenvalue weighted by molar-refractivity contribution is 5.94. The van der Waals surface area contributed by atoms with Gasteiger partial charge in [-0.1, -0.05) is 72.8 Å². The molecular weight excluding hydrogens is 320 g/mol. The summed E-state index contributed by atoms with van der Waals surface area (Å²) in [5.74, 6) is 0.509. The van der Waals surface area contributed by atoms with E-state index in [0.717, 1.165) is 33.4 Å². The standard InChI is InChI=1S/C24H18O2/c25-20-13-9-17(10-14-20)22-7-4-8-23(18-11-15-21(26)16-12-18)24(22)19-5-2-1-3-6-19/h1-16,25-26H. The zero-order valence-corrected chi connectivity index (χ0v) is 14.1. The molecule has 0 heterocycles. The van der Waals surface area contributed by atoms with Crippen LogP contribution in [0.25, 0.3) is 33.4 Å². The first kappa shape index (κ1) is 16.0. The second kappa shape index (κ2) is 6.77. The summed E-state index contributed by atoms with van der Waals surface area (Å²) in [6, 6.07) is 31.0. The average molecular weight is 338 g/mol. The van der Waals surface area contributed by atoms with Gasteiger partial charge in [0, 0.05) is 0 Å². The molecule has 0 fully saturated rings. The molecule has 0 saturated carbocycles. The topological polar surface area (TPSA) is 40.5 Å². The van der Waals surface area contributed by atoms with Gasteiger partial charge in [-0.05, 0) is 57.6 Å². The van der Waals surface area contributed by atoms with Crippen LogP contribution < -0.4 is 0 Å². The summed E-state index contributed by atoms with van der Waals surface area (Å²) in [5, 5.41) is 19.2. The summed E-state index contributed by atoms with van der Waals surface area (Å²) < 4.78 is 0. The SMILES string of the molecule is Oc1ccc(-c2cccc(-c3ccc(O)cc3)c2-c2ccccc2)cc1. The Morgan fingerprint density at radius 1 is 0.385 bits per heavy atom. The summed E-state index contributed by atoms with van der Waals surface area (Å²) in [7, 11) is 0. The van der Waals surface area contributed by atoms with E-state index in [-0.39, 0.29) is 11.5 Å². The number of benzene rings is 4. The highest BCUT2D eigenvalue weighted by atomic mass is 16.3. The van der Waals surface area contributed by atoms with Crippen LogP contribution in [-0.2, 0) is 0 Å². The molecule has 0 radical (unpaired) electrons. The van der Waals surface area contributed by atoms with Crippen LogP contribution in [0.5, 0.6) is 11.5 Å². The van der Waals surface area contributed by atoms with Crippen molar-refractivity contribution in [3.8, 4) is 44.9 Å². The maximum atomic E-state index is 9.62. The summed E-state index contributed by atoms with van der Waals surface area (Å²) >= 11 is 0. The van der Waals surface area contributed by atoms with Crippen LogP contribution in [-0.4, -0.2) is 10.2 Å². The zero-order valence-electron chi connectivity index (χ0n) is 14.1. The van der Waals surface area contributed by atoms with Gasteiger partial charge in [0.05, 0.1) is 0 Å². The molecule has 0 aliphatic carbocycles. The lowest BCUT2D eigenvalue weighted by Gasteiger charge is -2.16. The molecule has 0 bridgehead atoms. The Hall–Kier alpha value is -3.52. The highest BCUT2D eigenvalue weighted by Gasteiger charge is 2.13. The third kappa shape index (κ3) is 3.05. The molecule has 26 heavy (non-hydrogen) atoms. The summed E-state index contributed by atoms with van der Waals surface area (Å²) in [6.45, 7) is 0. The molecule has 2 N–H and O–H groups in total. The van der Waals surface area contributed by atoms with E-state index in [0.29, 0.717) is 0 Å². The fourth-order valence-electron chi connectivity index (χ4n) is 3.23. The maximum absolute atomic E-state index is 9.62. The molecule has 0 unspecified atom stereocenters. The lowest BCUT2D eigenvalue weighted by atomic mass is 9.87. The summed E-state index contributed by atoms with van der Waals surface area (Å²) in [6.07, 6.45) is 0. The van der Waals surface area contributed by atoms with E-state index in [1.807, 2.05) is 48.5 Å². The van der Waals surface area contributed by atoms with E-state index < -0.39 is 0 Å². The van der Waals surface area contributed by atoms with E-state index in [1.54, 1.807) is 24.3 Å².